The van der Waals surface area contributed by atoms with Crippen molar-refractivity contribution in [3.05, 3.63) is 29.6 Å². The minimum Gasteiger partial charge on any atom is -0.490 e. The molecule has 1 fully saturated rings. The highest BCUT2D eigenvalue weighted by Gasteiger charge is 2.25. The maximum atomic E-state index is 13.5. The van der Waals surface area contributed by atoms with Crippen molar-refractivity contribution in [2.45, 2.75) is 45.6 Å². The fourth-order valence-corrected chi connectivity index (χ4v) is 2.80. The Morgan fingerprint density at radius 2 is 2.00 bits per heavy atom. The second kappa shape index (κ2) is 6.38. The molecular weight excluding hydrogens is 241 g/mol. The molecule has 0 heterocycles. The number of hydrogen-bond donors (Lipinski definition) is 1. The molecule has 1 aromatic carbocycles. The zero-order valence-electron chi connectivity index (χ0n) is 11.9. The summed E-state index contributed by atoms with van der Waals surface area (Å²) in [5, 5.41) is 0. The molecule has 0 aromatic heterocycles. The standard InChI is InChI=1S/C16H24FNO/c1-11-3-4-15(7-12(11)2)19-16-9-13(5-6-18)8-14(17)10-16/h8-12,15H,3-7,18H2,1-2H3. The molecule has 3 unspecified atom stereocenters. The number of halogens is 1. The molecule has 3 atom stereocenters. The van der Waals surface area contributed by atoms with Gasteiger partial charge in [-0.3, -0.25) is 0 Å². The van der Waals surface area contributed by atoms with Crippen molar-refractivity contribution >= 4 is 0 Å². The highest BCUT2D eigenvalue weighted by Crippen LogP contribution is 2.32. The van der Waals surface area contributed by atoms with Crippen LogP contribution in [0.2, 0.25) is 0 Å². The normalized spacial score (nSPS) is 27.3. The summed E-state index contributed by atoms with van der Waals surface area (Å²) in [5.41, 5.74) is 6.43. The van der Waals surface area contributed by atoms with Crippen LogP contribution in [-0.2, 0) is 6.42 Å². The van der Waals surface area contributed by atoms with E-state index in [0.29, 0.717) is 24.6 Å². The van der Waals surface area contributed by atoms with E-state index in [1.54, 1.807) is 0 Å². The van der Waals surface area contributed by atoms with Gasteiger partial charge in [0.05, 0.1) is 6.10 Å². The first-order valence-electron chi connectivity index (χ1n) is 7.24. The maximum absolute atomic E-state index is 13.5. The molecule has 106 valence electrons. The maximum Gasteiger partial charge on any atom is 0.127 e. The van der Waals surface area contributed by atoms with Crippen LogP contribution >= 0.6 is 0 Å². The molecule has 1 aliphatic rings. The fraction of sp³-hybridized carbons (Fsp3) is 0.625. The van der Waals surface area contributed by atoms with E-state index in [1.807, 2.05) is 6.07 Å². The lowest BCUT2D eigenvalue weighted by atomic mass is 9.80. The summed E-state index contributed by atoms with van der Waals surface area (Å²) in [6, 6.07) is 4.92. The van der Waals surface area contributed by atoms with E-state index in [9.17, 15) is 4.39 Å². The summed E-state index contributed by atoms with van der Waals surface area (Å²) >= 11 is 0. The third-order valence-electron chi connectivity index (χ3n) is 4.22. The average Bonchev–Trinajstić information content (AvgIpc) is 2.33. The van der Waals surface area contributed by atoms with Crippen molar-refractivity contribution < 1.29 is 9.13 Å². The molecule has 1 aromatic rings. The average molecular weight is 265 g/mol. The zero-order chi connectivity index (χ0) is 13.8. The van der Waals surface area contributed by atoms with Gasteiger partial charge in [-0.1, -0.05) is 13.8 Å². The van der Waals surface area contributed by atoms with Crippen molar-refractivity contribution in [3.63, 3.8) is 0 Å². The fourth-order valence-electron chi connectivity index (χ4n) is 2.80. The van der Waals surface area contributed by atoms with Crippen LogP contribution in [-0.4, -0.2) is 12.6 Å². The summed E-state index contributed by atoms with van der Waals surface area (Å²) < 4.78 is 19.5. The van der Waals surface area contributed by atoms with Gasteiger partial charge in [0.2, 0.25) is 0 Å². The Balaban J connectivity index is 2.02. The summed E-state index contributed by atoms with van der Waals surface area (Å²) in [7, 11) is 0. The van der Waals surface area contributed by atoms with E-state index in [-0.39, 0.29) is 11.9 Å². The Morgan fingerprint density at radius 3 is 2.68 bits per heavy atom. The molecule has 1 saturated carbocycles. The first kappa shape index (κ1) is 14.3. The lowest BCUT2D eigenvalue weighted by molar-refractivity contribution is 0.100. The number of hydrogen-bond acceptors (Lipinski definition) is 2. The van der Waals surface area contributed by atoms with Gasteiger partial charge in [-0.05, 0) is 61.8 Å². The van der Waals surface area contributed by atoms with Crippen molar-refractivity contribution in [2.75, 3.05) is 6.54 Å². The van der Waals surface area contributed by atoms with Crippen LogP contribution in [0.5, 0.6) is 5.75 Å². The molecule has 19 heavy (non-hydrogen) atoms. The summed E-state index contributed by atoms with van der Waals surface area (Å²) in [6.07, 6.45) is 4.22. The van der Waals surface area contributed by atoms with Gasteiger partial charge in [-0.25, -0.2) is 4.39 Å². The second-order valence-corrected chi connectivity index (χ2v) is 5.84. The van der Waals surface area contributed by atoms with E-state index in [2.05, 4.69) is 13.8 Å². The van der Waals surface area contributed by atoms with Crippen LogP contribution in [0.15, 0.2) is 18.2 Å². The number of rotatable bonds is 4. The van der Waals surface area contributed by atoms with Crippen molar-refractivity contribution in [2.24, 2.45) is 17.6 Å². The van der Waals surface area contributed by atoms with Crippen LogP contribution < -0.4 is 10.5 Å². The Morgan fingerprint density at radius 1 is 1.21 bits per heavy atom. The molecule has 1 aliphatic carbocycles. The molecule has 0 spiro atoms. The van der Waals surface area contributed by atoms with Crippen LogP contribution in [0.1, 0.15) is 38.7 Å². The van der Waals surface area contributed by atoms with E-state index < -0.39 is 0 Å². The topological polar surface area (TPSA) is 35.2 Å². The van der Waals surface area contributed by atoms with Crippen LogP contribution in [0.4, 0.5) is 4.39 Å². The van der Waals surface area contributed by atoms with Crippen LogP contribution in [0.3, 0.4) is 0 Å². The lowest BCUT2D eigenvalue weighted by Crippen LogP contribution is -2.28. The second-order valence-electron chi connectivity index (χ2n) is 5.84. The Kier molecular flexibility index (Phi) is 4.81. The molecule has 0 radical (unpaired) electrons. The van der Waals surface area contributed by atoms with E-state index in [1.165, 1.54) is 18.6 Å². The van der Waals surface area contributed by atoms with Gasteiger partial charge in [0, 0.05) is 6.07 Å². The predicted octanol–water partition coefficient (Wildman–Crippen LogP) is 3.53. The van der Waals surface area contributed by atoms with Gasteiger partial charge in [0.15, 0.2) is 0 Å². The van der Waals surface area contributed by atoms with E-state index >= 15 is 0 Å². The molecule has 2 nitrogen and oxygen atoms in total. The predicted molar refractivity (Wildman–Crippen MR) is 75.8 cm³/mol. The smallest absolute Gasteiger partial charge is 0.127 e. The molecule has 0 bridgehead atoms. The number of nitrogens with two attached hydrogens (primary N) is 1. The van der Waals surface area contributed by atoms with Crippen molar-refractivity contribution in [1.29, 1.82) is 0 Å². The first-order valence-corrected chi connectivity index (χ1v) is 7.24. The largest absolute Gasteiger partial charge is 0.490 e. The minimum atomic E-state index is -0.238. The van der Waals surface area contributed by atoms with Crippen molar-refractivity contribution in [3.8, 4) is 5.75 Å². The molecular formula is C16H24FNO. The van der Waals surface area contributed by atoms with Crippen LogP contribution in [0, 0.1) is 17.7 Å². The Labute approximate surface area is 115 Å². The van der Waals surface area contributed by atoms with Gasteiger partial charge in [-0.15, -0.1) is 0 Å². The quantitative estimate of drug-likeness (QED) is 0.904. The molecule has 2 N–H and O–H groups in total. The summed E-state index contributed by atoms with van der Waals surface area (Å²) in [4.78, 5) is 0. The number of benzene rings is 1. The van der Waals surface area contributed by atoms with E-state index in [4.69, 9.17) is 10.5 Å². The van der Waals surface area contributed by atoms with E-state index in [0.717, 1.165) is 24.3 Å². The third-order valence-corrected chi connectivity index (χ3v) is 4.22. The summed E-state index contributed by atoms with van der Waals surface area (Å²) in [5.74, 6) is 1.85. The summed E-state index contributed by atoms with van der Waals surface area (Å²) in [6.45, 7) is 5.09. The number of ether oxygens (including phenoxy) is 1. The van der Waals surface area contributed by atoms with Crippen LogP contribution in [0.25, 0.3) is 0 Å². The van der Waals surface area contributed by atoms with Gasteiger partial charge >= 0.3 is 0 Å². The molecule has 0 amide bonds. The minimum absolute atomic E-state index is 0.221. The molecule has 3 heteroatoms. The van der Waals surface area contributed by atoms with Gasteiger partial charge in [0.25, 0.3) is 0 Å². The zero-order valence-corrected chi connectivity index (χ0v) is 11.9. The molecule has 0 saturated heterocycles. The highest BCUT2D eigenvalue weighted by molar-refractivity contribution is 5.30. The molecule has 2 rings (SSSR count). The van der Waals surface area contributed by atoms with Gasteiger partial charge in [0.1, 0.15) is 11.6 Å². The SMILES string of the molecule is CC1CCC(Oc2cc(F)cc(CCN)c2)CC1C. The van der Waals surface area contributed by atoms with Gasteiger partial charge < -0.3 is 10.5 Å². The molecule has 0 aliphatic heterocycles. The monoisotopic (exact) mass is 265 g/mol. The van der Waals surface area contributed by atoms with Crippen molar-refractivity contribution in [1.82, 2.24) is 0 Å². The lowest BCUT2D eigenvalue weighted by Gasteiger charge is -2.32. The first-order chi connectivity index (χ1) is 9.08. The Hall–Kier alpha value is -1.09. The Bertz CT molecular complexity index is 421. The van der Waals surface area contributed by atoms with Gasteiger partial charge in [-0.2, -0.15) is 0 Å². The third kappa shape index (κ3) is 3.93. The highest BCUT2D eigenvalue weighted by atomic mass is 19.1.